The predicted octanol–water partition coefficient (Wildman–Crippen LogP) is 4.91. The summed E-state index contributed by atoms with van der Waals surface area (Å²) < 4.78 is 21.6. The maximum atomic E-state index is 13.2. The molecule has 1 unspecified atom stereocenters. The van der Waals surface area contributed by atoms with Crippen LogP contribution in [0.5, 0.6) is 0 Å². The van der Waals surface area contributed by atoms with Gasteiger partial charge in [0.15, 0.2) is 0 Å². The summed E-state index contributed by atoms with van der Waals surface area (Å²) in [6, 6.07) is 20.8. The van der Waals surface area contributed by atoms with Gasteiger partial charge in [-0.15, -0.1) is 13.0 Å². The quantitative estimate of drug-likeness (QED) is 0.274. The Bertz CT molecular complexity index is 916. The van der Waals surface area contributed by atoms with Gasteiger partial charge in [-0.3, -0.25) is 0 Å². The second-order valence-corrected chi connectivity index (χ2v) is 16.7. The molecule has 0 saturated heterocycles. The van der Waals surface area contributed by atoms with Gasteiger partial charge in [0.05, 0.1) is 10.8 Å². The molecule has 0 spiro atoms. The van der Waals surface area contributed by atoms with Crippen LogP contribution in [0.15, 0.2) is 73.3 Å². The van der Waals surface area contributed by atoms with Crippen LogP contribution in [0.1, 0.15) is 48.0 Å². The van der Waals surface area contributed by atoms with E-state index >= 15 is 0 Å². The highest BCUT2D eigenvalue weighted by atomic mass is 32.2. The Hall–Kier alpha value is -1.97. The molecule has 0 saturated carbocycles. The van der Waals surface area contributed by atoms with Crippen molar-refractivity contribution in [1.82, 2.24) is 4.31 Å². The van der Waals surface area contributed by atoms with Gasteiger partial charge >= 0.3 is 0 Å². The fraction of sp³-hybridized carbons (Fsp3) is 0.429. The van der Waals surface area contributed by atoms with E-state index in [2.05, 4.69) is 81.8 Å². The van der Waals surface area contributed by atoms with E-state index in [1.165, 1.54) is 10.4 Å². The first-order valence-corrected chi connectivity index (χ1v) is 14.5. The molecular weight excluding hydrogens is 442 g/mol. The smallest absolute Gasteiger partial charge is 0.261 e. The summed E-state index contributed by atoms with van der Waals surface area (Å²) in [6.45, 7) is 17.5. The minimum absolute atomic E-state index is 0.101. The van der Waals surface area contributed by atoms with Gasteiger partial charge in [0.25, 0.3) is 8.32 Å². The van der Waals surface area contributed by atoms with Crippen LogP contribution in [0.2, 0.25) is 5.04 Å². The number of rotatable bonds is 10. The van der Waals surface area contributed by atoms with Crippen molar-refractivity contribution in [2.75, 3.05) is 13.2 Å². The van der Waals surface area contributed by atoms with Gasteiger partial charge < -0.3 is 4.43 Å². The van der Waals surface area contributed by atoms with Crippen LogP contribution >= 0.6 is 0 Å². The maximum absolute atomic E-state index is 13.2. The fourth-order valence-electron chi connectivity index (χ4n) is 4.19. The van der Waals surface area contributed by atoms with Crippen molar-refractivity contribution in [2.24, 2.45) is 0 Å². The number of hydrogen-bond acceptors (Lipinski definition) is 2. The first-order valence-electron chi connectivity index (χ1n) is 11.5. The predicted molar refractivity (Wildman–Crippen MR) is 146 cm³/mol. The lowest BCUT2D eigenvalue weighted by atomic mass is 10.2. The highest BCUT2D eigenvalue weighted by molar-refractivity contribution is 7.84. The minimum Gasteiger partial charge on any atom is -0.407 e. The SMILES string of the molecule is C#C[C@@H](CCO[Si](c1ccccc1)(c1ccccc1)C(C)(C)C)N(CC=C)S(=O)C(C)(C)C. The summed E-state index contributed by atoms with van der Waals surface area (Å²) >= 11 is 0. The van der Waals surface area contributed by atoms with Crippen molar-refractivity contribution < 1.29 is 8.63 Å². The minimum atomic E-state index is -2.63. The molecule has 0 heterocycles. The van der Waals surface area contributed by atoms with E-state index in [0.29, 0.717) is 19.6 Å². The Kier molecular flexibility index (Phi) is 9.45. The molecule has 2 aromatic rings. The summed E-state index contributed by atoms with van der Waals surface area (Å²) in [6.07, 6.45) is 8.29. The fourth-order valence-corrected chi connectivity index (χ4v) is 10.1. The molecule has 2 aromatic carbocycles. The Balaban J connectivity index is 2.41. The van der Waals surface area contributed by atoms with E-state index in [9.17, 15) is 4.21 Å². The zero-order chi connectivity index (χ0) is 24.7. The number of nitrogens with zero attached hydrogens (tertiary/aromatic N) is 1. The molecule has 0 aliphatic carbocycles. The molecule has 3 nitrogen and oxygen atoms in total. The van der Waals surface area contributed by atoms with Gasteiger partial charge in [-0.05, 0) is 42.6 Å². The van der Waals surface area contributed by atoms with Crippen molar-refractivity contribution in [3.63, 3.8) is 0 Å². The number of terminal acetylenes is 1. The summed E-state index contributed by atoms with van der Waals surface area (Å²) in [5.41, 5.74) is 0. The molecule has 2 atom stereocenters. The highest BCUT2D eigenvalue weighted by Gasteiger charge is 2.50. The van der Waals surface area contributed by atoms with Crippen LogP contribution in [-0.4, -0.2) is 40.8 Å². The van der Waals surface area contributed by atoms with Gasteiger partial charge in [-0.1, -0.05) is 93.4 Å². The third-order valence-electron chi connectivity index (χ3n) is 5.71. The average molecular weight is 482 g/mol. The monoisotopic (exact) mass is 481 g/mol. The van der Waals surface area contributed by atoms with E-state index in [1.54, 1.807) is 6.08 Å². The summed E-state index contributed by atoms with van der Waals surface area (Å²) in [4.78, 5) is 0. The van der Waals surface area contributed by atoms with E-state index in [-0.39, 0.29) is 11.1 Å². The highest BCUT2D eigenvalue weighted by Crippen LogP contribution is 2.37. The Morgan fingerprint density at radius 2 is 1.52 bits per heavy atom. The van der Waals surface area contributed by atoms with Crippen molar-refractivity contribution in [1.29, 1.82) is 0 Å². The zero-order valence-corrected chi connectivity index (χ0v) is 22.8. The van der Waals surface area contributed by atoms with E-state index in [0.717, 1.165) is 0 Å². The van der Waals surface area contributed by atoms with Gasteiger partial charge in [-0.25, -0.2) is 8.51 Å². The van der Waals surface area contributed by atoms with Crippen molar-refractivity contribution in [3.8, 4) is 12.3 Å². The van der Waals surface area contributed by atoms with Gasteiger partial charge in [0.2, 0.25) is 0 Å². The standard InChI is InChI=1S/C28H39NO2SSi/c1-9-22-29(32(30)27(3,4)5)24(10-2)21-23-31-33(28(6,7)8,25-17-13-11-14-18-25)26-19-15-12-16-20-26/h2,9,11-20,24H,1,21-23H2,3-8H3/t24-,32?/m0/s1. The molecule has 0 aliphatic heterocycles. The average Bonchev–Trinajstić information content (AvgIpc) is 2.77. The summed E-state index contributed by atoms with van der Waals surface area (Å²) in [7, 11) is -3.87. The van der Waals surface area contributed by atoms with Crippen LogP contribution in [0.3, 0.4) is 0 Å². The molecule has 178 valence electrons. The largest absolute Gasteiger partial charge is 0.407 e. The maximum Gasteiger partial charge on any atom is 0.261 e. The number of hydrogen-bond donors (Lipinski definition) is 0. The zero-order valence-electron chi connectivity index (χ0n) is 21.0. The van der Waals surface area contributed by atoms with Crippen LogP contribution < -0.4 is 10.4 Å². The molecule has 0 amide bonds. The lowest BCUT2D eigenvalue weighted by Gasteiger charge is -2.43. The molecule has 5 heteroatoms. The van der Waals surface area contributed by atoms with Gasteiger partial charge in [-0.2, -0.15) is 0 Å². The normalized spacial score (nSPS) is 14.5. The Morgan fingerprint density at radius 3 is 1.88 bits per heavy atom. The van der Waals surface area contributed by atoms with Crippen molar-refractivity contribution >= 4 is 29.7 Å². The van der Waals surface area contributed by atoms with E-state index in [1.807, 2.05) is 37.2 Å². The molecule has 33 heavy (non-hydrogen) atoms. The lowest BCUT2D eigenvalue weighted by molar-refractivity contribution is 0.262. The molecule has 0 bridgehead atoms. The molecule has 0 fully saturated rings. The Labute approximate surface area is 205 Å². The van der Waals surface area contributed by atoms with Crippen LogP contribution in [-0.2, 0) is 15.4 Å². The van der Waals surface area contributed by atoms with Gasteiger partial charge in [0, 0.05) is 13.2 Å². The van der Waals surface area contributed by atoms with E-state index < -0.39 is 24.1 Å². The van der Waals surface area contributed by atoms with Crippen LogP contribution in [0.4, 0.5) is 0 Å². The summed E-state index contributed by atoms with van der Waals surface area (Å²) in [5.74, 6) is 2.87. The topological polar surface area (TPSA) is 29.5 Å². The molecule has 0 aliphatic rings. The molecule has 0 radical (unpaired) electrons. The first-order chi connectivity index (χ1) is 15.5. The second kappa shape index (κ2) is 11.4. The third kappa shape index (κ3) is 6.33. The summed E-state index contributed by atoms with van der Waals surface area (Å²) in [5, 5.41) is 2.38. The first kappa shape index (κ1) is 27.3. The molecule has 2 rings (SSSR count). The molecule has 0 N–H and O–H groups in total. The van der Waals surface area contributed by atoms with Crippen LogP contribution in [0.25, 0.3) is 0 Å². The Morgan fingerprint density at radius 1 is 1.03 bits per heavy atom. The second-order valence-electron chi connectivity index (χ2n) is 10.2. The van der Waals surface area contributed by atoms with Crippen LogP contribution in [0, 0.1) is 12.3 Å². The van der Waals surface area contributed by atoms with Crippen molar-refractivity contribution in [3.05, 3.63) is 73.3 Å². The van der Waals surface area contributed by atoms with E-state index in [4.69, 9.17) is 10.8 Å². The lowest BCUT2D eigenvalue weighted by Crippen LogP contribution is -2.66. The number of benzene rings is 2. The molecule has 0 aromatic heterocycles. The molecular formula is C28H39NO2SSi. The van der Waals surface area contributed by atoms with Gasteiger partial charge in [0.1, 0.15) is 11.0 Å². The third-order valence-corrected chi connectivity index (χ3v) is 12.6. The van der Waals surface area contributed by atoms with Crippen molar-refractivity contribution in [2.45, 2.75) is 63.8 Å².